The van der Waals surface area contributed by atoms with Crippen LogP contribution in [-0.4, -0.2) is 35.2 Å². The molecule has 1 aromatic carbocycles. The highest BCUT2D eigenvalue weighted by atomic mass is 16.6. The van der Waals surface area contributed by atoms with Crippen molar-refractivity contribution in [1.29, 1.82) is 0 Å². The molecule has 2 rings (SSSR count). The number of para-hydroxylation sites is 1. The molecule has 1 heterocycles. The van der Waals surface area contributed by atoms with Crippen molar-refractivity contribution < 1.29 is 9.53 Å². The van der Waals surface area contributed by atoms with Crippen molar-refractivity contribution in [3.8, 4) is 0 Å². The van der Waals surface area contributed by atoms with Gasteiger partial charge in [0.05, 0.1) is 0 Å². The number of benzene rings is 1. The fourth-order valence-electron chi connectivity index (χ4n) is 2.69. The number of piperidine rings is 1. The summed E-state index contributed by atoms with van der Waals surface area (Å²) < 4.78 is 5.44. The molecule has 128 valence electrons. The third-order valence-electron chi connectivity index (χ3n) is 4.28. The van der Waals surface area contributed by atoms with Crippen molar-refractivity contribution in [2.75, 3.05) is 18.8 Å². The number of carbonyl (C=O) groups excluding carboxylic acids is 1. The first-order valence-electron chi connectivity index (χ1n) is 8.25. The van der Waals surface area contributed by atoms with Crippen molar-refractivity contribution in [1.82, 2.24) is 10.2 Å². The third kappa shape index (κ3) is 5.13. The van der Waals surface area contributed by atoms with Crippen LogP contribution in [0.4, 0.5) is 10.5 Å². The van der Waals surface area contributed by atoms with E-state index < -0.39 is 5.60 Å². The molecule has 0 aliphatic carbocycles. The molecule has 1 aliphatic heterocycles. The Morgan fingerprint density at radius 1 is 1.30 bits per heavy atom. The number of nitrogens with one attached hydrogen (secondary N) is 1. The van der Waals surface area contributed by atoms with Crippen LogP contribution in [0, 0.1) is 0 Å². The fraction of sp³-hybridized carbons (Fsp3) is 0.611. The Morgan fingerprint density at radius 2 is 1.91 bits per heavy atom. The predicted octanol–water partition coefficient (Wildman–Crippen LogP) is 3.15. The first kappa shape index (κ1) is 17.6. The number of likely N-dealkylation sites (tertiary alicyclic amines) is 1. The number of ether oxygens (including phenoxy) is 1. The number of anilines is 1. The van der Waals surface area contributed by atoms with Crippen molar-refractivity contribution in [2.24, 2.45) is 0 Å². The molecule has 0 aromatic heterocycles. The van der Waals surface area contributed by atoms with Crippen molar-refractivity contribution >= 4 is 11.8 Å². The number of hydrogen-bond acceptors (Lipinski definition) is 4. The van der Waals surface area contributed by atoms with Gasteiger partial charge in [0.2, 0.25) is 0 Å². The Hall–Kier alpha value is -1.75. The van der Waals surface area contributed by atoms with Gasteiger partial charge in [0.15, 0.2) is 0 Å². The molecule has 1 aliphatic rings. The molecule has 1 fully saturated rings. The third-order valence-corrected chi connectivity index (χ3v) is 4.28. The molecule has 1 aromatic rings. The zero-order valence-electron chi connectivity index (χ0n) is 14.7. The van der Waals surface area contributed by atoms with Gasteiger partial charge in [-0.05, 0) is 52.2 Å². The lowest BCUT2D eigenvalue weighted by Gasteiger charge is -2.40. The Bertz CT molecular complexity index is 543. The van der Waals surface area contributed by atoms with Crippen molar-refractivity contribution in [3.63, 3.8) is 0 Å². The van der Waals surface area contributed by atoms with Gasteiger partial charge in [0.25, 0.3) is 0 Å². The lowest BCUT2D eigenvalue weighted by Crippen LogP contribution is -2.53. The lowest BCUT2D eigenvalue weighted by atomic mass is 9.89. The standard InChI is InChI=1S/C18H29N3O2/c1-17(2,3)23-16(22)21-11-9-18(4,10-12-21)20-13-14-7-5-6-8-15(14)19/h5-8,20H,9-13,19H2,1-4H3. The summed E-state index contributed by atoms with van der Waals surface area (Å²) in [5, 5.41) is 3.60. The summed E-state index contributed by atoms with van der Waals surface area (Å²) >= 11 is 0. The maximum atomic E-state index is 12.1. The first-order chi connectivity index (χ1) is 10.7. The van der Waals surface area contributed by atoms with Gasteiger partial charge in [-0.3, -0.25) is 0 Å². The van der Waals surface area contributed by atoms with Crippen LogP contribution in [0.1, 0.15) is 46.1 Å². The predicted molar refractivity (Wildman–Crippen MR) is 93.1 cm³/mol. The molecule has 0 unspecified atom stereocenters. The highest BCUT2D eigenvalue weighted by Gasteiger charge is 2.33. The largest absolute Gasteiger partial charge is 0.444 e. The zero-order valence-corrected chi connectivity index (χ0v) is 14.7. The molecule has 0 radical (unpaired) electrons. The summed E-state index contributed by atoms with van der Waals surface area (Å²) in [5.41, 5.74) is 7.49. The molecule has 3 N–H and O–H groups in total. The maximum Gasteiger partial charge on any atom is 0.410 e. The Morgan fingerprint density at radius 3 is 2.48 bits per heavy atom. The van der Waals surface area contributed by atoms with E-state index >= 15 is 0 Å². The number of nitrogens with zero attached hydrogens (tertiary/aromatic N) is 1. The normalized spacial score (nSPS) is 17.8. The van der Waals surface area contributed by atoms with Crippen LogP contribution in [-0.2, 0) is 11.3 Å². The average Bonchev–Trinajstić information content (AvgIpc) is 2.45. The highest BCUT2D eigenvalue weighted by Crippen LogP contribution is 2.24. The molecule has 23 heavy (non-hydrogen) atoms. The number of hydrogen-bond donors (Lipinski definition) is 2. The molecule has 1 amide bonds. The SMILES string of the molecule is CC1(NCc2ccccc2N)CCN(C(=O)OC(C)(C)C)CC1. The van der Waals surface area contributed by atoms with E-state index in [2.05, 4.69) is 12.2 Å². The molecule has 1 saturated heterocycles. The summed E-state index contributed by atoms with van der Waals surface area (Å²) in [4.78, 5) is 13.9. The number of nitrogen functional groups attached to an aromatic ring is 1. The van der Waals surface area contributed by atoms with Gasteiger partial charge in [-0.2, -0.15) is 0 Å². The second-order valence-electron chi connectivity index (χ2n) is 7.58. The Kier molecular flexibility index (Phi) is 5.19. The number of nitrogens with two attached hydrogens (primary N) is 1. The van der Waals surface area contributed by atoms with Crippen LogP contribution >= 0.6 is 0 Å². The minimum Gasteiger partial charge on any atom is -0.444 e. The van der Waals surface area contributed by atoms with Crippen LogP contribution in [0.25, 0.3) is 0 Å². The molecular weight excluding hydrogens is 290 g/mol. The van der Waals surface area contributed by atoms with E-state index in [-0.39, 0.29) is 11.6 Å². The minimum absolute atomic E-state index is 0.0147. The van der Waals surface area contributed by atoms with Gasteiger partial charge in [0, 0.05) is 30.9 Å². The van der Waals surface area contributed by atoms with E-state index in [9.17, 15) is 4.79 Å². The second kappa shape index (κ2) is 6.79. The quantitative estimate of drug-likeness (QED) is 0.840. The molecule has 5 heteroatoms. The van der Waals surface area contributed by atoms with E-state index in [4.69, 9.17) is 10.5 Å². The molecule has 5 nitrogen and oxygen atoms in total. The van der Waals surface area contributed by atoms with Crippen LogP contribution in [0.3, 0.4) is 0 Å². The summed E-state index contributed by atoms with van der Waals surface area (Å²) in [6, 6.07) is 7.91. The topological polar surface area (TPSA) is 67.6 Å². The van der Waals surface area contributed by atoms with E-state index in [0.29, 0.717) is 13.1 Å². The monoisotopic (exact) mass is 319 g/mol. The van der Waals surface area contributed by atoms with Gasteiger partial charge < -0.3 is 20.7 Å². The summed E-state index contributed by atoms with van der Waals surface area (Å²) in [6.07, 6.45) is 1.59. The number of rotatable bonds is 3. The van der Waals surface area contributed by atoms with Crippen LogP contribution in [0.2, 0.25) is 0 Å². The minimum atomic E-state index is -0.444. The maximum absolute atomic E-state index is 12.1. The van der Waals surface area contributed by atoms with Crippen LogP contribution < -0.4 is 11.1 Å². The van der Waals surface area contributed by atoms with Gasteiger partial charge in [0.1, 0.15) is 5.60 Å². The van der Waals surface area contributed by atoms with Crippen molar-refractivity contribution in [2.45, 2.75) is 58.2 Å². The Balaban J connectivity index is 1.85. The van der Waals surface area contributed by atoms with Crippen LogP contribution in [0.15, 0.2) is 24.3 Å². The number of carbonyl (C=O) groups is 1. The average molecular weight is 319 g/mol. The van der Waals surface area contributed by atoms with E-state index in [1.807, 2.05) is 45.0 Å². The Labute approximate surface area is 139 Å². The molecule has 0 spiro atoms. The van der Waals surface area contributed by atoms with E-state index in [0.717, 1.165) is 30.6 Å². The lowest BCUT2D eigenvalue weighted by molar-refractivity contribution is 0.0157. The molecule has 0 saturated carbocycles. The van der Waals surface area contributed by atoms with E-state index in [1.165, 1.54) is 0 Å². The molecular formula is C18H29N3O2. The smallest absolute Gasteiger partial charge is 0.410 e. The summed E-state index contributed by atoms with van der Waals surface area (Å²) in [5.74, 6) is 0. The zero-order chi connectivity index (χ0) is 17.1. The summed E-state index contributed by atoms with van der Waals surface area (Å²) in [6.45, 7) is 10.1. The molecule has 0 atom stereocenters. The van der Waals surface area contributed by atoms with Crippen LogP contribution in [0.5, 0.6) is 0 Å². The number of amides is 1. The first-order valence-corrected chi connectivity index (χ1v) is 8.25. The highest BCUT2D eigenvalue weighted by molar-refractivity contribution is 5.68. The second-order valence-corrected chi connectivity index (χ2v) is 7.58. The van der Waals surface area contributed by atoms with Crippen molar-refractivity contribution in [3.05, 3.63) is 29.8 Å². The van der Waals surface area contributed by atoms with Gasteiger partial charge in [-0.25, -0.2) is 4.79 Å². The fourth-order valence-corrected chi connectivity index (χ4v) is 2.69. The van der Waals surface area contributed by atoms with E-state index in [1.54, 1.807) is 4.90 Å². The van der Waals surface area contributed by atoms with Gasteiger partial charge in [-0.1, -0.05) is 18.2 Å². The van der Waals surface area contributed by atoms with Gasteiger partial charge in [-0.15, -0.1) is 0 Å². The molecule has 0 bridgehead atoms. The van der Waals surface area contributed by atoms with Gasteiger partial charge >= 0.3 is 6.09 Å². The summed E-state index contributed by atoms with van der Waals surface area (Å²) in [7, 11) is 0.